The van der Waals surface area contributed by atoms with E-state index in [4.69, 9.17) is 0 Å². The van der Waals surface area contributed by atoms with E-state index in [1.807, 2.05) is 7.05 Å². The minimum atomic E-state index is -0.391. The summed E-state index contributed by atoms with van der Waals surface area (Å²) in [7, 11) is 1.83. The lowest BCUT2D eigenvalue weighted by Gasteiger charge is -2.38. The lowest BCUT2D eigenvalue weighted by atomic mass is 9.77. The Bertz CT molecular complexity index is 579. The predicted octanol–water partition coefficient (Wildman–Crippen LogP) is 1.91. The molecule has 0 radical (unpaired) electrons. The summed E-state index contributed by atoms with van der Waals surface area (Å²) in [5.41, 5.74) is 0.426. The second kappa shape index (κ2) is 5.13. The normalized spacial score (nSPS) is 21.1. The lowest BCUT2D eigenvalue weighted by Crippen LogP contribution is -2.44. The Labute approximate surface area is 123 Å². The number of halogens is 1. The molecule has 2 aliphatic heterocycles. The highest BCUT2D eigenvalue weighted by Gasteiger charge is 2.44. The first kappa shape index (κ1) is 14.0. The summed E-state index contributed by atoms with van der Waals surface area (Å²) in [5, 5.41) is 0. The van der Waals surface area contributed by atoms with Gasteiger partial charge in [-0.05, 0) is 31.0 Å². The Kier molecular flexibility index (Phi) is 3.43. The van der Waals surface area contributed by atoms with Crippen LogP contribution in [0.3, 0.4) is 0 Å². The highest BCUT2D eigenvalue weighted by molar-refractivity contribution is 5.94. The van der Waals surface area contributed by atoms with Crippen molar-refractivity contribution in [2.75, 3.05) is 26.7 Å². The average Bonchev–Trinajstić information content (AvgIpc) is 2.73. The number of amides is 2. The van der Waals surface area contributed by atoms with E-state index < -0.39 is 5.82 Å². The van der Waals surface area contributed by atoms with E-state index in [0.29, 0.717) is 25.1 Å². The third-order valence-corrected chi connectivity index (χ3v) is 4.71. The molecule has 0 bridgehead atoms. The van der Waals surface area contributed by atoms with Gasteiger partial charge in [-0.2, -0.15) is 0 Å². The summed E-state index contributed by atoms with van der Waals surface area (Å²) in [6.45, 7) is 2.06. The number of rotatable bonds is 1. The van der Waals surface area contributed by atoms with Crippen molar-refractivity contribution in [3.63, 3.8) is 0 Å². The molecule has 5 heteroatoms. The Morgan fingerprint density at radius 3 is 2.57 bits per heavy atom. The number of hydrogen-bond donors (Lipinski definition) is 0. The van der Waals surface area contributed by atoms with Gasteiger partial charge in [-0.25, -0.2) is 4.39 Å². The summed E-state index contributed by atoms with van der Waals surface area (Å²) < 4.78 is 13.2. The summed E-state index contributed by atoms with van der Waals surface area (Å²) in [6, 6.07) is 5.81. The van der Waals surface area contributed by atoms with E-state index in [1.54, 1.807) is 21.9 Å². The molecule has 3 rings (SSSR count). The number of piperidine rings is 1. The molecule has 0 unspecified atom stereocenters. The van der Waals surface area contributed by atoms with Crippen LogP contribution in [0.1, 0.15) is 29.6 Å². The molecule has 0 aromatic heterocycles. The summed E-state index contributed by atoms with van der Waals surface area (Å²) in [5.74, 6) is -0.320. The van der Waals surface area contributed by atoms with Gasteiger partial charge in [0.05, 0.1) is 0 Å². The van der Waals surface area contributed by atoms with E-state index in [2.05, 4.69) is 0 Å². The minimum Gasteiger partial charge on any atom is -0.345 e. The van der Waals surface area contributed by atoms with Gasteiger partial charge in [0.25, 0.3) is 5.91 Å². The fraction of sp³-hybridized carbons (Fsp3) is 0.500. The van der Waals surface area contributed by atoms with Crippen molar-refractivity contribution >= 4 is 11.8 Å². The number of benzene rings is 1. The molecule has 0 saturated carbocycles. The van der Waals surface area contributed by atoms with Crippen molar-refractivity contribution in [1.82, 2.24) is 9.80 Å². The van der Waals surface area contributed by atoms with E-state index in [1.165, 1.54) is 12.1 Å². The molecule has 4 nitrogen and oxygen atoms in total. The zero-order valence-corrected chi connectivity index (χ0v) is 12.1. The molecule has 2 saturated heterocycles. The topological polar surface area (TPSA) is 40.6 Å². The Balaban J connectivity index is 1.66. The largest absolute Gasteiger partial charge is 0.345 e. The molecule has 1 spiro atoms. The Hall–Kier alpha value is -1.91. The summed E-state index contributed by atoms with van der Waals surface area (Å²) in [6.07, 6.45) is 2.26. The monoisotopic (exact) mass is 290 g/mol. The van der Waals surface area contributed by atoms with Crippen molar-refractivity contribution in [1.29, 1.82) is 0 Å². The van der Waals surface area contributed by atoms with Crippen LogP contribution in [-0.2, 0) is 4.79 Å². The molecule has 0 atom stereocenters. The third kappa shape index (κ3) is 2.64. The van der Waals surface area contributed by atoms with Gasteiger partial charge >= 0.3 is 0 Å². The number of nitrogens with zero attached hydrogens (tertiary/aromatic N) is 2. The molecule has 21 heavy (non-hydrogen) atoms. The molecule has 1 aromatic carbocycles. The van der Waals surface area contributed by atoms with E-state index in [-0.39, 0.29) is 17.2 Å². The molecule has 2 aliphatic rings. The predicted molar refractivity (Wildman–Crippen MR) is 76.2 cm³/mol. The maximum Gasteiger partial charge on any atom is 0.253 e. The van der Waals surface area contributed by atoms with Crippen LogP contribution >= 0.6 is 0 Å². The molecular formula is C16H19FN2O2. The van der Waals surface area contributed by atoms with Crippen LogP contribution in [0.2, 0.25) is 0 Å². The van der Waals surface area contributed by atoms with Gasteiger partial charge in [-0.3, -0.25) is 9.59 Å². The number of carbonyl (C=O) groups is 2. The number of carbonyl (C=O) groups excluding carboxylic acids is 2. The molecule has 2 amide bonds. The Morgan fingerprint density at radius 1 is 1.29 bits per heavy atom. The van der Waals surface area contributed by atoms with Crippen molar-refractivity contribution in [3.05, 3.63) is 35.6 Å². The fourth-order valence-corrected chi connectivity index (χ4v) is 3.43. The molecule has 0 aliphatic carbocycles. The van der Waals surface area contributed by atoms with Gasteiger partial charge in [0.1, 0.15) is 5.82 Å². The highest BCUT2D eigenvalue weighted by Crippen LogP contribution is 2.40. The molecule has 2 fully saturated rings. The van der Waals surface area contributed by atoms with Crippen LogP contribution in [0.4, 0.5) is 4.39 Å². The van der Waals surface area contributed by atoms with Gasteiger partial charge in [0, 0.05) is 44.1 Å². The van der Waals surface area contributed by atoms with Gasteiger partial charge in [0.15, 0.2) is 0 Å². The van der Waals surface area contributed by atoms with Gasteiger partial charge in [0.2, 0.25) is 5.91 Å². The summed E-state index contributed by atoms with van der Waals surface area (Å²) in [4.78, 5) is 27.6. The van der Waals surface area contributed by atoms with Crippen LogP contribution in [0, 0.1) is 11.2 Å². The molecular weight excluding hydrogens is 271 g/mol. The minimum absolute atomic E-state index is 0.0323. The maximum atomic E-state index is 13.2. The van der Waals surface area contributed by atoms with Crippen LogP contribution < -0.4 is 0 Å². The summed E-state index contributed by atoms with van der Waals surface area (Å²) >= 11 is 0. The van der Waals surface area contributed by atoms with Crippen molar-refractivity contribution in [2.24, 2.45) is 5.41 Å². The quantitative estimate of drug-likeness (QED) is 0.792. The van der Waals surface area contributed by atoms with Gasteiger partial charge in [-0.1, -0.05) is 6.07 Å². The SMILES string of the molecule is CN1CC2(CCN(C(=O)c3cccc(F)c3)CC2)CC1=O. The lowest BCUT2D eigenvalue weighted by molar-refractivity contribution is -0.126. The van der Waals surface area contributed by atoms with E-state index in [9.17, 15) is 14.0 Å². The first-order valence-corrected chi connectivity index (χ1v) is 7.28. The second-order valence-corrected chi connectivity index (χ2v) is 6.23. The van der Waals surface area contributed by atoms with Crippen LogP contribution in [0.5, 0.6) is 0 Å². The highest BCUT2D eigenvalue weighted by atomic mass is 19.1. The molecule has 1 aromatic rings. The maximum absolute atomic E-state index is 13.2. The van der Waals surface area contributed by atoms with E-state index in [0.717, 1.165) is 19.4 Å². The second-order valence-electron chi connectivity index (χ2n) is 6.23. The van der Waals surface area contributed by atoms with Crippen LogP contribution in [0.25, 0.3) is 0 Å². The Morgan fingerprint density at radius 2 is 2.00 bits per heavy atom. The van der Waals surface area contributed by atoms with E-state index >= 15 is 0 Å². The van der Waals surface area contributed by atoms with Crippen LogP contribution in [0.15, 0.2) is 24.3 Å². The zero-order valence-electron chi connectivity index (χ0n) is 12.1. The van der Waals surface area contributed by atoms with Crippen LogP contribution in [-0.4, -0.2) is 48.3 Å². The molecule has 2 heterocycles. The smallest absolute Gasteiger partial charge is 0.253 e. The molecule has 0 N–H and O–H groups in total. The van der Waals surface area contributed by atoms with Crippen molar-refractivity contribution in [3.8, 4) is 0 Å². The number of hydrogen-bond acceptors (Lipinski definition) is 2. The molecule has 112 valence electrons. The third-order valence-electron chi connectivity index (χ3n) is 4.71. The standard InChI is InChI=1S/C16H19FN2O2/c1-18-11-16(10-14(18)20)5-7-19(8-6-16)15(21)12-3-2-4-13(17)9-12/h2-4,9H,5-8,10-11H2,1H3. The van der Waals surface area contributed by atoms with Crippen molar-refractivity contribution in [2.45, 2.75) is 19.3 Å². The zero-order chi connectivity index (χ0) is 15.0. The van der Waals surface area contributed by atoms with Gasteiger partial charge < -0.3 is 9.80 Å². The first-order chi connectivity index (χ1) is 9.99. The fourth-order valence-electron chi connectivity index (χ4n) is 3.43. The van der Waals surface area contributed by atoms with Crippen molar-refractivity contribution < 1.29 is 14.0 Å². The number of likely N-dealkylation sites (tertiary alicyclic amines) is 2. The first-order valence-electron chi connectivity index (χ1n) is 7.28. The average molecular weight is 290 g/mol. The van der Waals surface area contributed by atoms with Gasteiger partial charge in [-0.15, -0.1) is 0 Å².